The molecule has 5 heteroatoms. The van der Waals surface area contributed by atoms with Crippen molar-refractivity contribution in [2.45, 2.75) is 51.6 Å². The second-order valence-corrected chi connectivity index (χ2v) is 4.59. The van der Waals surface area contributed by atoms with Crippen molar-refractivity contribution in [2.75, 3.05) is 19.6 Å². The van der Waals surface area contributed by atoms with Crippen LogP contribution in [0, 0.1) is 0 Å². The van der Waals surface area contributed by atoms with Crippen molar-refractivity contribution in [2.24, 2.45) is 4.99 Å². The number of hydrogen-bond acceptors (Lipinski definition) is 4. The van der Waals surface area contributed by atoms with E-state index in [1.165, 1.54) is 0 Å². The van der Waals surface area contributed by atoms with Crippen LogP contribution in [0.5, 0.6) is 0 Å². The molecule has 0 saturated heterocycles. The first kappa shape index (κ1) is 17.0. The summed E-state index contributed by atoms with van der Waals surface area (Å²) in [6.45, 7) is 6.68. The van der Waals surface area contributed by atoms with Gasteiger partial charge in [0, 0.05) is 19.6 Å². The van der Waals surface area contributed by atoms with Crippen molar-refractivity contribution in [3.05, 3.63) is 0 Å². The maximum atomic E-state index is 10.4. The quantitative estimate of drug-likeness (QED) is 0.638. The highest BCUT2D eigenvalue weighted by molar-refractivity contribution is 14.0. The van der Waals surface area contributed by atoms with Crippen LogP contribution in [-0.4, -0.2) is 36.3 Å². The zero-order valence-electron chi connectivity index (χ0n) is 11.0. The Morgan fingerprint density at radius 1 is 1.35 bits per heavy atom. The number of aliphatic hydroxyl groups is 1. The van der Waals surface area contributed by atoms with E-state index in [1.807, 2.05) is 0 Å². The van der Waals surface area contributed by atoms with Crippen molar-refractivity contribution < 1.29 is 5.11 Å². The molecule has 1 aliphatic rings. The molecule has 0 amide bonds. The Bertz CT molecular complexity index is 228. The number of guanidine groups is 1. The molecule has 1 rings (SSSR count). The highest BCUT2D eigenvalue weighted by atomic mass is 127. The van der Waals surface area contributed by atoms with Crippen molar-refractivity contribution >= 4 is 29.9 Å². The molecule has 0 aliphatic carbocycles. The topological polar surface area (TPSA) is 56.6 Å². The number of nitrogens with zero attached hydrogens (tertiary/aromatic N) is 1. The van der Waals surface area contributed by atoms with Crippen LogP contribution < -0.4 is 10.6 Å². The Balaban J connectivity index is 0.00000256. The lowest BCUT2D eigenvalue weighted by Crippen LogP contribution is -2.48. The molecule has 0 radical (unpaired) electrons. The molecular formula is C12H26IN3O. The van der Waals surface area contributed by atoms with Gasteiger partial charge in [-0.05, 0) is 19.3 Å². The van der Waals surface area contributed by atoms with Gasteiger partial charge in [-0.25, -0.2) is 0 Å². The molecule has 1 heterocycles. The minimum absolute atomic E-state index is 0. The van der Waals surface area contributed by atoms with Gasteiger partial charge in [0.2, 0.25) is 0 Å². The van der Waals surface area contributed by atoms with Crippen LogP contribution in [0.15, 0.2) is 4.99 Å². The Labute approximate surface area is 122 Å². The maximum absolute atomic E-state index is 10.4. The predicted molar refractivity (Wildman–Crippen MR) is 83.1 cm³/mol. The molecular weight excluding hydrogens is 329 g/mol. The highest BCUT2D eigenvalue weighted by Crippen LogP contribution is 2.18. The van der Waals surface area contributed by atoms with E-state index in [9.17, 15) is 5.11 Å². The van der Waals surface area contributed by atoms with E-state index in [0.717, 1.165) is 51.2 Å². The standard InChI is InChI=1S/C12H25N3O.HI/c1-3-6-12(16,7-4-2)10-15-11-13-8-5-9-14-11;/h16H,3-10H2,1-2H3,(H2,13,14,15);1H. The van der Waals surface area contributed by atoms with E-state index in [2.05, 4.69) is 29.5 Å². The lowest BCUT2D eigenvalue weighted by molar-refractivity contribution is 0.0257. The van der Waals surface area contributed by atoms with Gasteiger partial charge in [-0.1, -0.05) is 26.7 Å². The maximum Gasteiger partial charge on any atom is 0.191 e. The van der Waals surface area contributed by atoms with Crippen LogP contribution in [0.3, 0.4) is 0 Å². The summed E-state index contributed by atoms with van der Waals surface area (Å²) in [5.41, 5.74) is -0.578. The number of rotatable bonds is 6. The second-order valence-electron chi connectivity index (χ2n) is 4.59. The van der Waals surface area contributed by atoms with E-state index in [4.69, 9.17) is 0 Å². The van der Waals surface area contributed by atoms with Gasteiger partial charge in [0.15, 0.2) is 5.96 Å². The molecule has 0 aromatic heterocycles. The van der Waals surface area contributed by atoms with Crippen LogP contribution in [-0.2, 0) is 0 Å². The van der Waals surface area contributed by atoms with Crippen molar-refractivity contribution in [3.8, 4) is 0 Å². The Hall–Kier alpha value is -0.0400. The predicted octanol–water partition coefficient (Wildman–Crippen LogP) is 1.87. The first-order valence-electron chi connectivity index (χ1n) is 6.45. The molecule has 0 atom stereocenters. The third kappa shape index (κ3) is 6.45. The molecule has 0 unspecified atom stereocenters. The Kier molecular flexibility index (Phi) is 8.94. The molecule has 0 spiro atoms. The first-order valence-corrected chi connectivity index (χ1v) is 6.45. The van der Waals surface area contributed by atoms with Crippen molar-refractivity contribution in [1.82, 2.24) is 10.6 Å². The fourth-order valence-corrected chi connectivity index (χ4v) is 2.13. The first-order chi connectivity index (χ1) is 7.70. The molecule has 0 aromatic rings. The normalized spacial score (nSPS) is 15.6. The average Bonchev–Trinajstić information content (AvgIpc) is 2.29. The van der Waals surface area contributed by atoms with E-state index in [-0.39, 0.29) is 24.0 Å². The molecule has 0 saturated carbocycles. The summed E-state index contributed by atoms with van der Waals surface area (Å²) < 4.78 is 0. The summed E-state index contributed by atoms with van der Waals surface area (Å²) in [7, 11) is 0. The van der Waals surface area contributed by atoms with Crippen molar-refractivity contribution in [1.29, 1.82) is 0 Å². The zero-order valence-corrected chi connectivity index (χ0v) is 13.3. The van der Waals surface area contributed by atoms with E-state index in [1.54, 1.807) is 0 Å². The Morgan fingerprint density at radius 3 is 2.47 bits per heavy atom. The van der Waals surface area contributed by atoms with Crippen LogP contribution in [0.25, 0.3) is 0 Å². The van der Waals surface area contributed by atoms with E-state index < -0.39 is 5.60 Å². The summed E-state index contributed by atoms with van der Waals surface area (Å²) in [6, 6.07) is 0. The van der Waals surface area contributed by atoms with E-state index in [0.29, 0.717) is 6.54 Å². The van der Waals surface area contributed by atoms with Crippen LogP contribution in [0.1, 0.15) is 46.0 Å². The van der Waals surface area contributed by atoms with Crippen LogP contribution >= 0.6 is 24.0 Å². The van der Waals surface area contributed by atoms with Gasteiger partial charge < -0.3 is 15.7 Å². The fraction of sp³-hybridized carbons (Fsp3) is 0.917. The number of halogens is 1. The monoisotopic (exact) mass is 355 g/mol. The van der Waals surface area contributed by atoms with Gasteiger partial charge in [-0.2, -0.15) is 0 Å². The summed E-state index contributed by atoms with van der Waals surface area (Å²) in [5, 5.41) is 16.8. The summed E-state index contributed by atoms with van der Waals surface area (Å²) >= 11 is 0. The Morgan fingerprint density at radius 2 is 2.00 bits per heavy atom. The summed E-state index contributed by atoms with van der Waals surface area (Å²) in [4.78, 5) is 4.34. The average molecular weight is 355 g/mol. The van der Waals surface area contributed by atoms with E-state index >= 15 is 0 Å². The van der Waals surface area contributed by atoms with Crippen LogP contribution in [0.2, 0.25) is 0 Å². The van der Waals surface area contributed by atoms with Gasteiger partial charge in [-0.3, -0.25) is 4.99 Å². The van der Waals surface area contributed by atoms with Gasteiger partial charge in [0.25, 0.3) is 0 Å². The second kappa shape index (κ2) is 8.97. The lowest BCUT2D eigenvalue weighted by Gasteiger charge is -2.29. The largest absolute Gasteiger partial charge is 0.388 e. The minimum atomic E-state index is -0.578. The van der Waals surface area contributed by atoms with Gasteiger partial charge in [0.1, 0.15) is 0 Å². The minimum Gasteiger partial charge on any atom is -0.388 e. The molecule has 3 N–H and O–H groups in total. The van der Waals surface area contributed by atoms with Gasteiger partial charge >= 0.3 is 0 Å². The lowest BCUT2D eigenvalue weighted by atomic mass is 9.93. The van der Waals surface area contributed by atoms with Gasteiger partial charge in [0.05, 0.1) is 5.60 Å². The molecule has 0 bridgehead atoms. The number of hydrogen-bond donors (Lipinski definition) is 3. The number of aliphatic imine (C=N–C) groups is 1. The summed E-state index contributed by atoms with van der Waals surface area (Å²) in [6.07, 6.45) is 4.82. The highest BCUT2D eigenvalue weighted by Gasteiger charge is 2.25. The third-order valence-electron chi connectivity index (χ3n) is 2.91. The molecule has 0 aromatic carbocycles. The fourth-order valence-electron chi connectivity index (χ4n) is 2.13. The summed E-state index contributed by atoms with van der Waals surface area (Å²) in [5.74, 6) is 0.844. The van der Waals surface area contributed by atoms with Gasteiger partial charge in [-0.15, -0.1) is 24.0 Å². The van der Waals surface area contributed by atoms with Crippen molar-refractivity contribution in [3.63, 3.8) is 0 Å². The molecule has 1 aliphatic heterocycles. The number of nitrogens with one attached hydrogen (secondary N) is 2. The SMILES string of the molecule is CCCC(O)(CCC)CNC1=NCCCN1.I. The zero-order chi connectivity index (χ0) is 11.9. The molecule has 102 valence electrons. The smallest absolute Gasteiger partial charge is 0.191 e. The molecule has 4 nitrogen and oxygen atoms in total. The molecule has 0 fully saturated rings. The third-order valence-corrected chi connectivity index (χ3v) is 2.91. The van der Waals surface area contributed by atoms with Crippen LogP contribution in [0.4, 0.5) is 0 Å². The molecule has 17 heavy (non-hydrogen) atoms.